The van der Waals surface area contributed by atoms with Gasteiger partial charge in [-0.2, -0.15) is 0 Å². The third-order valence-electron chi connectivity index (χ3n) is 3.65. The normalized spacial score (nSPS) is 12.3. The molecule has 0 aliphatic heterocycles. The van der Waals surface area contributed by atoms with E-state index in [9.17, 15) is 9.59 Å². The van der Waals surface area contributed by atoms with Gasteiger partial charge in [0.2, 0.25) is 0 Å². The van der Waals surface area contributed by atoms with Crippen molar-refractivity contribution in [3.8, 4) is 0 Å². The minimum atomic E-state index is -0.415. The molecule has 0 saturated heterocycles. The van der Waals surface area contributed by atoms with Crippen molar-refractivity contribution in [2.45, 2.75) is 40.2 Å². The minimum Gasteiger partial charge on any atom is -0.464 e. The third kappa shape index (κ3) is 2.93. The molecular weight excluding hydrogens is 256 g/mol. The van der Waals surface area contributed by atoms with E-state index in [2.05, 4.69) is 12.2 Å². The van der Waals surface area contributed by atoms with Crippen LogP contribution < -0.4 is 5.32 Å². The zero-order valence-electron chi connectivity index (χ0n) is 13.2. The summed E-state index contributed by atoms with van der Waals surface area (Å²) in [5.41, 5.74) is 2.53. The molecule has 0 saturated carbocycles. The van der Waals surface area contributed by atoms with E-state index in [0.29, 0.717) is 16.8 Å². The van der Waals surface area contributed by atoms with Crippen molar-refractivity contribution in [3.63, 3.8) is 0 Å². The van der Waals surface area contributed by atoms with E-state index in [1.54, 1.807) is 18.5 Å². The summed E-state index contributed by atoms with van der Waals surface area (Å²) in [6.07, 6.45) is 0.970. The van der Waals surface area contributed by atoms with Crippen molar-refractivity contribution >= 4 is 11.8 Å². The molecule has 1 aromatic heterocycles. The molecule has 0 aliphatic rings. The Morgan fingerprint density at radius 2 is 1.95 bits per heavy atom. The molecule has 5 nitrogen and oxygen atoms in total. The van der Waals surface area contributed by atoms with Crippen LogP contribution >= 0.6 is 0 Å². The molecule has 1 rings (SSSR count). The Morgan fingerprint density at radius 3 is 2.45 bits per heavy atom. The molecule has 0 spiro atoms. The fraction of sp³-hybridized carbons (Fsp3) is 0.600. The second-order valence-electron chi connectivity index (χ2n) is 5.02. The number of ketones is 1. The summed E-state index contributed by atoms with van der Waals surface area (Å²) in [5.74, 6) is -0.402. The first kappa shape index (κ1) is 16.4. The lowest BCUT2D eigenvalue weighted by molar-refractivity contribution is 0.0588. The monoisotopic (exact) mass is 280 g/mol. The van der Waals surface area contributed by atoms with E-state index >= 15 is 0 Å². The molecule has 1 N–H and O–H groups in total. The van der Waals surface area contributed by atoms with Gasteiger partial charge < -0.3 is 14.6 Å². The predicted octanol–water partition coefficient (Wildman–Crippen LogP) is 2.00. The standard InChI is InChI=1S/C15H24N2O3/c1-7-8-16-10(3)14(18)12-9(2)13(15(19)20-6)17(5)11(12)4/h10,16H,7-8H2,1-6H3. The Bertz CT molecular complexity index is 518. The van der Waals surface area contributed by atoms with E-state index < -0.39 is 5.97 Å². The van der Waals surface area contributed by atoms with Crippen molar-refractivity contribution in [3.05, 3.63) is 22.5 Å². The lowest BCUT2D eigenvalue weighted by Crippen LogP contribution is -2.35. The van der Waals surface area contributed by atoms with Gasteiger partial charge in [0.25, 0.3) is 0 Å². The molecule has 20 heavy (non-hydrogen) atoms. The number of rotatable bonds is 6. The summed E-state index contributed by atoms with van der Waals surface area (Å²) < 4.78 is 6.51. The van der Waals surface area contributed by atoms with Gasteiger partial charge in [-0.25, -0.2) is 4.79 Å². The van der Waals surface area contributed by atoms with Crippen LogP contribution in [0.3, 0.4) is 0 Å². The van der Waals surface area contributed by atoms with E-state index in [-0.39, 0.29) is 11.8 Å². The second-order valence-corrected chi connectivity index (χ2v) is 5.02. The van der Waals surface area contributed by atoms with Crippen LogP contribution in [0.4, 0.5) is 0 Å². The first-order chi connectivity index (χ1) is 9.36. The number of hydrogen-bond donors (Lipinski definition) is 1. The highest BCUT2D eigenvalue weighted by Crippen LogP contribution is 2.23. The van der Waals surface area contributed by atoms with Crippen LogP contribution in [-0.2, 0) is 11.8 Å². The van der Waals surface area contributed by atoms with Crippen LogP contribution in [0.2, 0.25) is 0 Å². The molecule has 1 heterocycles. The Balaban J connectivity index is 3.19. The van der Waals surface area contributed by atoms with Gasteiger partial charge in [-0.1, -0.05) is 6.92 Å². The summed E-state index contributed by atoms with van der Waals surface area (Å²) in [4.78, 5) is 24.4. The first-order valence-corrected chi connectivity index (χ1v) is 6.88. The third-order valence-corrected chi connectivity index (χ3v) is 3.65. The number of carbonyl (C=O) groups is 2. The van der Waals surface area contributed by atoms with Crippen LogP contribution in [0, 0.1) is 13.8 Å². The molecule has 0 radical (unpaired) electrons. The smallest absolute Gasteiger partial charge is 0.354 e. The summed E-state index contributed by atoms with van der Waals surface area (Å²) in [7, 11) is 3.12. The van der Waals surface area contributed by atoms with E-state index in [0.717, 1.165) is 18.7 Å². The number of hydrogen-bond acceptors (Lipinski definition) is 4. The Hall–Kier alpha value is -1.62. The lowest BCUT2D eigenvalue weighted by Gasteiger charge is -2.12. The molecule has 1 atom stereocenters. The molecule has 0 aliphatic carbocycles. The van der Waals surface area contributed by atoms with Crippen LogP contribution in [0.25, 0.3) is 0 Å². The number of esters is 1. The lowest BCUT2D eigenvalue weighted by atomic mass is 10.0. The van der Waals surface area contributed by atoms with Gasteiger partial charge in [0, 0.05) is 18.3 Å². The molecule has 1 unspecified atom stereocenters. The number of nitrogens with zero attached hydrogens (tertiary/aromatic N) is 1. The van der Waals surface area contributed by atoms with Crippen molar-refractivity contribution in [1.29, 1.82) is 0 Å². The van der Waals surface area contributed by atoms with Gasteiger partial charge in [0.1, 0.15) is 5.69 Å². The van der Waals surface area contributed by atoms with E-state index in [1.807, 2.05) is 13.8 Å². The number of nitrogens with one attached hydrogen (secondary N) is 1. The van der Waals surface area contributed by atoms with Gasteiger partial charge in [0.15, 0.2) is 5.78 Å². The minimum absolute atomic E-state index is 0.0132. The molecule has 5 heteroatoms. The molecular formula is C15H24N2O3. The molecule has 1 aromatic rings. The van der Waals surface area contributed by atoms with Gasteiger partial charge >= 0.3 is 5.97 Å². The van der Waals surface area contributed by atoms with Crippen LogP contribution in [0.5, 0.6) is 0 Å². The SMILES string of the molecule is CCCNC(C)C(=O)c1c(C)c(C(=O)OC)n(C)c1C. The quantitative estimate of drug-likeness (QED) is 0.639. The Morgan fingerprint density at radius 1 is 1.35 bits per heavy atom. The predicted molar refractivity (Wildman–Crippen MR) is 78.3 cm³/mol. The summed E-state index contributed by atoms with van der Waals surface area (Å²) in [6, 6.07) is -0.264. The summed E-state index contributed by atoms with van der Waals surface area (Å²) in [5, 5.41) is 3.18. The Kier molecular flexibility index (Phi) is 5.51. The maximum atomic E-state index is 12.5. The van der Waals surface area contributed by atoms with Crippen LogP contribution in [-0.4, -0.2) is 36.0 Å². The molecule has 0 bridgehead atoms. The van der Waals surface area contributed by atoms with Crippen molar-refractivity contribution in [2.75, 3.05) is 13.7 Å². The zero-order valence-corrected chi connectivity index (χ0v) is 13.2. The molecule has 0 fully saturated rings. The van der Waals surface area contributed by atoms with Gasteiger partial charge in [-0.3, -0.25) is 4.79 Å². The van der Waals surface area contributed by atoms with Crippen molar-refractivity contribution in [1.82, 2.24) is 9.88 Å². The highest BCUT2D eigenvalue weighted by Gasteiger charge is 2.27. The summed E-state index contributed by atoms with van der Waals surface area (Å²) in [6.45, 7) is 8.33. The van der Waals surface area contributed by atoms with Gasteiger partial charge in [0.05, 0.1) is 13.2 Å². The largest absolute Gasteiger partial charge is 0.464 e. The number of Topliss-reactive ketones (excluding diaryl/α,β-unsaturated/α-hetero) is 1. The second kappa shape index (κ2) is 6.70. The maximum absolute atomic E-state index is 12.5. The zero-order chi connectivity index (χ0) is 15.4. The summed E-state index contributed by atoms with van der Waals surface area (Å²) >= 11 is 0. The van der Waals surface area contributed by atoms with E-state index in [1.165, 1.54) is 7.11 Å². The van der Waals surface area contributed by atoms with Crippen molar-refractivity contribution < 1.29 is 14.3 Å². The molecule has 112 valence electrons. The topological polar surface area (TPSA) is 60.3 Å². The van der Waals surface area contributed by atoms with Crippen LogP contribution in [0.15, 0.2) is 0 Å². The highest BCUT2D eigenvalue weighted by molar-refractivity contribution is 6.05. The Labute approximate surface area is 120 Å². The average molecular weight is 280 g/mol. The first-order valence-electron chi connectivity index (χ1n) is 6.88. The highest BCUT2D eigenvalue weighted by atomic mass is 16.5. The van der Waals surface area contributed by atoms with Crippen molar-refractivity contribution in [2.24, 2.45) is 7.05 Å². The number of aromatic nitrogens is 1. The molecule has 0 amide bonds. The number of carbonyl (C=O) groups excluding carboxylic acids is 2. The van der Waals surface area contributed by atoms with Crippen LogP contribution in [0.1, 0.15) is 52.4 Å². The molecule has 0 aromatic carbocycles. The fourth-order valence-corrected chi connectivity index (χ4v) is 2.40. The fourth-order valence-electron chi connectivity index (χ4n) is 2.40. The van der Waals surface area contributed by atoms with Gasteiger partial charge in [-0.15, -0.1) is 0 Å². The number of methoxy groups -OCH3 is 1. The average Bonchev–Trinajstić information content (AvgIpc) is 2.65. The number of ether oxygens (including phenoxy) is 1. The van der Waals surface area contributed by atoms with Gasteiger partial charge in [-0.05, 0) is 39.3 Å². The maximum Gasteiger partial charge on any atom is 0.354 e. The van der Waals surface area contributed by atoms with E-state index in [4.69, 9.17) is 4.74 Å².